The topological polar surface area (TPSA) is 152 Å². The molecule has 15 heteroatoms. The molecule has 354 valence electrons. The smallest absolute Gasteiger partial charge is 0.254 e. The number of aromatic amines is 1. The molecule has 14 nitrogen and oxygen atoms in total. The van der Waals surface area contributed by atoms with E-state index in [4.69, 9.17) is 16.3 Å². The van der Waals surface area contributed by atoms with E-state index in [9.17, 15) is 14.9 Å². The van der Waals surface area contributed by atoms with Crippen molar-refractivity contribution in [1.29, 1.82) is 5.26 Å². The van der Waals surface area contributed by atoms with Gasteiger partial charge >= 0.3 is 0 Å². The molecule has 4 fully saturated rings. The van der Waals surface area contributed by atoms with Crippen molar-refractivity contribution in [2.45, 2.75) is 91.3 Å². The number of hydrogen-bond donors (Lipinski definition) is 2. The van der Waals surface area contributed by atoms with E-state index < -0.39 is 0 Å². The minimum Gasteiger partial charge on any atom is -0.489 e. The van der Waals surface area contributed by atoms with Gasteiger partial charge in [-0.25, -0.2) is 15.0 Å². The number of nitrogens with zero attached hydrogens (tertiary/aromatic N) is 9. The number of benzene rings is 1. The van der Waals surface area contributed by atoms with Gasteiger partial charge in [0, 0.05) is 136 Å². The van der Waals surface area contributed by atoms with Crippen LogP contribution in [0.4, 0.5) is 5.95 Å². The van der Waals surface area contributed by atoms with Crippen LogP contribution in [0.15, 0.2) is 72.0 Å². The Morgan fingerprint density at radius 1 is 0.881 bits per heavy atom. The Bertz CT molecular complexity index is 2630. The maximum atomic E-state index is 13.5. The molecule has 1 saturated carbocycles. The molecule has 0 unspecified atom stereocenters. The molecule has 0 bridgehead atoms. The summed E-state index contributed by atoms with van der Waals surface area (Å²) in [7, 11) is 0. The third-order valence-electron chi connectivity index (χ3n) is 15.3. The Kier molecular flexibility index (Phi) is 13.5. The lowest BCUT2D eigenvalue weighted by Gasteiger charge is -2.63. The molecule has 5 aromatic rings. The summed E-state index contributed by atoms with van der Waals surface area (Å²) in [5, 5.41) is 14.0. The summed E-state index contributed by atoms with van der Waals surface area (Å²) < 4.78 is 8.19. The second kappa shape index (κ2) is 19.3. The van der Waals surface area contributed by atoms with Crippen LogP contribution >= 0.6 is 11.6 Å². The number of carbonyl (C=O) groups is 1. The molecule has 4 aromatic heterocycles. The van der Waals surface area contributed by atoms with E-state index in [0.717, 1.165) is 120 Å². The minimum atomic E-state index is -0.363. The van der Waals surface area contributed by atoms with Gasteiger partial charge in [0.2, 0.25) is 5.95 Å². The first-order chi connectivity index (χ1) is 32.2. The van der Waals surface area contributed by atoms with Crippen LogP contribution in [0.5, 0.6) is 5.75 Å². The standard InChI is InChI=1S/C52H66ClN11O3/c1-34(2)64-33-38(8-10-45(64)65)41-11-16-55-46-42(41)28-44(58-46)36-14-17-60(18-15-36)21-22-61-23-25-62(26-24-61)32-35-12-19-63(20-13-35)50-56-30-39(31-57-50)47(66)59-48-51(3,4)49(52(48,5)6)67-40-9-7-37(29-54)43(53)27-40/h7-11,16,27-28,30-31,33-36,48-49H,12-15,17-26,32H2,1-6H3,(H,55,58)(H,59,66). The van der Waals surface area contributed by atoms with E-state index in [1.54, 1.807) is 41.2 Å². The zero-order chi connectivity index (χ0) is 47.0. The van der Waals surface area contributed by atoms with Crippen molar-refractivity contribution < 1.29 is 9.53 Å². The number of piperidine rings is 2. The SMILES string of the molecule is CC(C)n1cc(-c2ccnc3[nH]c(C4CCN(CCN5CCN(CC6CCN(c7ncc(C(=O)NC8C(C)(C)C(Oc9ccc(C#N)c(Cl)c9)C8(C)C)cn7)CC6)CC5)CC4)cc23)ccc1=O. The lowest BCUT2D eigenvalue weighted by molar-refractivity contribution is -0.164. The highest BCUT2D eigenvalue weighted by atomic mass is 35.5. The number of carbonyl (C=O) groups excluding carboxylic acids is 1. The molecule has 3 aliphatic heterocycles. The van der Waals surface area contributed by atoms with Gasteiger partial charge in [0.1, 0.15) is 23.6 Å². The number of rotatable bonds is 13. The van der Waals surface area contributed by atoms with Crippen LogP contribution in [0, 0.1) is 28.1 Å². The highest BCUT2D eigenvalue weighted by molar-refractivity contribution is 6.31. The van der Waals surface area contributed by atoms with E-state index in [2.05, 4.69) is 90.7 Å². The Balaban J connectivity index is 0.675. The minimum absolute atomic E-state index is 0.0230. The predicted octanol–water partition coefficient (Wildman–Crippen LogP) is 7.61. The van der Waals surface area contributed by atoms with E-state index in [1.807, 2.05) is 32.3 Å². The van der Waals surface area contributed by atoms with Crippen LogP contribution in [-0.4, -0.2) is 129 Å². The zero-order valence-corrected chi connectivity index (χ0v) is 40.7. The highest BCUT2D eigenvalue weighted by Crippen LogP contribution is 2.55. The number of pyridine rings is 2. The third kappa shape index (κ3) is 9.84. The molecule has 4 aliphatic rings. The van der Waals surface area contributed by atoms with Gasteiger partial charge in [-0.3, -0.25) is 14.5 Å². The quantitative estimate of drug-likeness (QED) is 0.120. The van der Waals surface area contributed by atoms with Gasteiger partial charge in [0.25, 0.3) is 11.5 Å². The summed E-state index contributed by atoms with van der Waals surface area (Å²) in [5.74, 6) is 2.23. The molecule has 2 N–H and O–H groups in total. The van der Waals surface area contributed by atoms with E-state index in [-0.39, 0.29) is 40.5 Å². The maximum Gasteiger partial charge on any atom is 0.254 e. The van der Waals surface area contributed by atoms with Crippen molar-refractivity contribution in [2.75, 3.05) is 76.9 Å². The van der Waals surface area contributed by atoms with Crippen LogP contribution < -0.4 is 20.5 Å². The first-order valence-corrected chi connectivity index (χ1v) is 24.7. The van der Waals surface area contributed by atoms with Crippen LogP contribution in [-0.2, 0) is 0 Å². The van der Waals surface area contributed by atoms with Gasteiger partial charge in [-0.2, -0.15) is 5.26 Å². The molecular weight excluding hydrogens is 862 g/mol. The number of hydrogen-bond acceptors (Lipinski definition) is 11. The number of nitriles is 1. The fraction of sp³-hybridized carbons (Fsp3) is 0.538. The average Bonchev–Trinajstić information content (AvgIpc) is 3.78. The van der Waals surface area contributed by atoms with Crippen LogP contribution in [0.1, 0.15) is 101 Å². The molecule has 1 aromatic carbocycles. The van der Waals surface area contributed by atoms with Crippen molar-refractivity contribution in [3.63, 3.8) is 0 Å². The summed E-state index contributed by atoms with van der Waals surface area (Å²) in [6.07, 6.45) is 11.4. The molecule has 0 spiro atoms. The number of H-pyrrole nitrogens is 1. The van der Waals surface area contributed by atoms with E-state index >= 15 is 0 Å². The van der Waals surface area contributed by atoms with Crippen molar-refractivity contribution in [3.05, 3.63) is 99.4 Å². The maximum absolute atomic E-state index is 13.5. The van der Waals surface area contributed by atoms with Crippen molar-refractivity contribution in [2.24, 2.45) is 16.7 Å². The number of piperazine rings is 1. The molecule has 0 radical (unpaired) electrons. The molecule has 9 rings (SSSR count). The lowest BCUT2D eigenvalue weighted by Crippen LogP contribution is -2.74. The van der Waals surface area contributed by atoms with Gasteiger partial charge in [-0.1, -0.05) is 39.3 Å². The summed E-state index contributed by atoms with van der Waals surface area (Å²) in [5.41, 5.74) is 4.48. The zero-order valence-electron chi connectivity index (χ0n) is 40.0. The molecule has 1 amide bonds. The number of aromatic nitrogens is 5. The summed E-state index contributed by atoms with van der Waals surface area (Å²) >= 11 is 6.27. The highest BCUT2D eigenvalue weighted by Gasteiger charge is 2.64. The van der Waals surface area contributed by atoms with Crippen LogP contribution in [0.25, 0.3) is 22.2 Å². The Morgan fingerprint density at radius 3 is 2.21 bits per heavy atom. The third-order valence-corrected chi connectivity index (χ3v) is 15.6. The van der Waals surface area contributed by atoms with E-state index in [1.165, 1.54) is 5.69 Å². The van der Waals surface area contributed by atoms with Gasteiger partial charge in [0.15, 0.2) is 0 Å². The van der Waals surface area contributed by atoms with Gasteiger partial charge < -0.3 is 34.3 Å². The summed E-state index contributed by atoms with van der Waals surface area (Å²) in [6, 6.07) is 15.1. The molecule has 1 aliphatic carbocycles. The predicted molar refractivity (Wildman–Crippen MR) is 264 cm³/mol. The fourth-order valence-corrected chi connectivity index (χ4v) is 11.8. The molecule has 3 saturated heterocycles. The van der Waals surface area contributed by atoms with Crippen molar-refractivity contribution in [1.82, 2.24) is 44.5 Å². The average molecular weight is 929 g/mol. The van der Waals surface area contributed by atoms with Crippen molar-refractivity contribution in [3.8, 4) is 22.9 Å². The first kappa shape index (κ1) is 46.8. The number of halogens is 1. The number of nitrogens with one attached hydrogen (secondary N) is 2. The van der Waals surface area contributed by atoms with Crippen molar-refractivity contribution >= 4 is 34.5 Å². The second-order valence-electron chi connectivity index (χ2n) is 20.9. The summed E-state index contributed by atoms with van der Waals surface area (Å²) in [6.45, 7) is 24.4. The first-order valence-electron chi connectivity index (χ1n) is 24.3. The molecule has 7 heterocycles. The van der Waals surface area contributed by atoms with Crippen LogP contribution in [0.3, 0.4) is 0 Å². The number of fused-ring (bicyclic) bond motifs is 1. The van der Waals surface area contributed by atoms with Gasteiger partial charge in [-0.05, 0) is 100.0 Å². The largest absolute Gasteiger partial charge is 0.489 e. The second-order valence-corrected chi connectivity index (χ2v) is 21.3. The number of anilines is 1. The van der Waals surface area contributed by atoms with Gasteiger partial charge in [-0.15, -0.1) is 0 Å². The number of likely N-dealkylation sites (tertiary alicyclic amines) is 1. The Morgan fingerprint density at radius 2 is 1.55 bits per heavy atom. The number of amides is 1. The Labute approximate surface area is 399 Å². The van der Waals surface area contributed by atoms with Gasteiger partial charge in [0.05, 0.1) is 16.1 Å². The van der Waals surface area contributed by atoms with Crippen LogP contribution in [0.2, 0.25) is 5.02 Å². The monoisotopic (exact) mass is 928 g/mol. The molecular formula is C52H66ClN11O3. The van der Waals surface area contributed by atoms with E-state index in [0.29, 0.717) is 39.7 Å². The summed E-state index contributed by atoms with van der Waals surface area (Å²) in [4.78, 5) is 53.7. The lowest BCUT2D eigenvalue weighted by atomic mass is 9.49. The normalized spacial score (nSPS) is 21.9. The fourth-order valence-electron chi connectivity index (χ4n) is 11.6. The number of ether oxygens (including phenoxy) is 1. The molecule has 67 heavy (non-hydrogen) atoms. The molecule has 0 atom stereocenters. The Hall–Kier alpha value is -5.33.